The maximum Gasteiger partial charge on any atom is 0.414 e. The second kappa shape index (κ2) is 9.08. The zero-order valence-corrected chi connectivity index (χ0v) is 16.6. The summed E-state index contributed by atoms with van der Waals surface area (Å²) in [6.07, 6.45) is 0.414. The summed E-state index contributed by atoms with van der Waals surface area (Å²) in [5.41, 5.74) is 4.93. The molecule has 2 aromatic rings. The number of phenols is 1. The number of hydrogen-bond acceptors (Lipinski definition) is 6. The van der Waals surface area contributed by atoms with Crippen LogP contribution in [0.25, 0.3) is 10.8 Å². The van der Waals surface area contributed by atoms with E-state index in [4.69, 9.17) is 10.5 Å². The van der Waals surface area contributed by atoms with E-state index in [-0.39, 0.29) is 24.4 Å². The van der Waals surface area contributed by atoms with Crippen molar-refractivity contribution in [2.75, 3.05) is 18.4 Å². The molecule has 0 saturated carbocycles. The first-order chi connectivity index (χ1) is 13.7. The SMILES string of the molecule is CC(C)(C)OC(=O)N(/C=C(/C#N)C(=O)Nc1cccc2c(O)cccc12)CCN. The standard InChI is InChI=1S/C21H24N4O4/c1-21(2,3)29-20(28)25(11-10-22)13-14(12-23)19(27)24-17-8-4-7-16-15(17)6-5-9-18(16)26/h4-9,13,26H,10-11,22H2,1-3H3,(H,24,27)/b14-13-. The van der Waals surface area contributed by atoms with Crippen LogP contribution in [0.1, 0.15) is 20.8 Å². The fourth-order valence-corrected chi connectivity index (χ4v) is 2.55. The number of carbonyl (C=O) groups excluding carboxylic acids is 2. The molecular weight excluding hydrogens is 372 g/mol. The Labute approximate surface area is 169 Å². The van der Waals surface area contributed by atoms with E-state index in [2.05, 4.69) is 5.32 Å². The Morgan fingerprint density at radius 1 is 1.24 bits per heavy atom. The van der Waals surface area contributed by atoms with Gasteiger partial charge in [-0.3, -0.25) is 9.69 Å². The first-order valence-corrected chi connectivity index (χ1v) is 9.00. The molecule has 0 spiro atoms. The number of nitrogens with one attached hydrogen (secondary N) is 1. The highest BCUT2D eigenvalue weighted by Crippen LogP contribution is 2.30. The smallest absolute Gasteiger partial charge is 0.414 e. The van der Waals surface area contributed by atoms with Crippen molar-refractivity contribution in [3.8, 4) is 11.8 Å². The normalized spacial score (nSPS) is 11.6. The Kier molecular flexibility index (Phi) is 6.80. The van der Waals surface area contributed by atoms with Gasteiger partial charge in [-0.05, 0) is 32.9 Å². The summed E-state index contributed by atoms with van der Waals surface area (Å²) in [5, 5.41) is 23.2. The highest BCUT2D eigenvalue weighted by atomic mass is 16.6. The van der Waals surface area contributed by atoms with Gasteiger partial charge in [0.15, 0.2) is 0 Å². The predicted octanol–water partition coefficient (Wildman–Crippen LogP) is 3.09. The molecule has 4 N–H and O–H groups in total. The molecular formula is C21H24N4O4. The lowest BCUT2D eigenvalue weighted by Crippen LogP contribution is -2.37. The minimum Gasteiger partial charge on any atom is -0.507 e. The van der Waals surface area contributed by atoms with Gasteiger partial charge in [0.2, 0.25) is 0 Å². The Morgan fingerprint density at radius 3 is 2.52 bits per heavy atom. The van der Waals surface area contributed by atoms with Gasteiger partial charge in [-0.25, -0.2) is 4.79 Å². The summed E-state index contributed by atoms with van der Waals surface area (Å²) in [5.74, 6) is -0.623. The largest absolute Gasteiger partial charge is 0.507 e. The van der Waals surface area contributed by atoms with Crippen LogP contribution in [-0.4, -0.2) is 40.7 Å². The third-order valence-corrected chi connectivity index (χ3v) is 3.80. The molecule has 2 aromatic carbocycles. The molecule has 0 aromatic heterocycles. The fourth-order valence-electron chi connectivity index (χ4n) is 2.55. The van der Waals surface area contributed by atoms with Crippen LogP contribution >= 0.6 is 0 Å². The first kappa shape index (κ1) is 21.7. The average molecular weight is 396 g/mol. The van der Waals surface area contributed by atoms with Crippen molar-refractivity contribution in [2.45, 2.75) is 26.4 Å². The van der Waals surface area contributed by atoms with Crippen LogP contribution in [0.15, 0.2) is 48.2 Å². The van der Waals surface area contributed by atoms with Gasteiger partial charge in [0.25, 0.3) is 5.91 Å². The second-order valence-electron chi connectivity index (χ2n) is 7.25. The highest BCUT2D eigenvalue weighted by molar-refractivity contribution is 6.11. The number of nitriles is 1. The van der Waals surface area contributed by atoms with Gasteiger partial charge in [-0.1, -0.05) is 24.3 Å². The second-order valence-corrected chi connectivity index (χ2v) is 7.25. The van der Waals surface area contributed by atoms with E-state index < -0.39 is 17.6 Å². The van der Waals surface area contributed by atoms with Crippen molar-refractivity contribution in [3.05, 3.63) is 48.2 Å². The lowest BCUT2D eigenvalue weighted by Gasteiger charge is -2.25. The van der Waals surface area contributed by atoms with Crippen LogP contribution in [0.4, 0.5) is 10.5 Å². The van der Waals surface area contributed by atoms with Crippen LogP contribution < -0.4 is 11.1 Å². The molecule has 0 unspecified atom stereocenters. The number of carbonyl (C=O) groups is 2. The van der Waals surface area contributed by atoms with Crippen LogP contribution in [0, 0.1) is 11.3 Å². The molecule has 8 heteroatoms. The topological polar surface area (TPSA) is 129 Å². The number of fused-ring (bicyclic) bond motifs is 1. The third-order valence-electron chi connectivity index (χ3n) is 3.80. The fraction of sp³-hybridized carbons (Fsp3) is 0.286. The molecule has 0 atom stereocenters. The quantitative estimate of drug-likeness (QED) is 0.526. The molecule has 2 rings (SSSR count). The van der Waals surface area contributed by atoms with E-state index in [0.29, 0.717) is 16.5 Å². The van der Waals surface area contributed by atoms with E-state index >= 15 is 0 Å². The minimum atomic E-state index is -0.738. The van der Waals surface area contributed by atoms with Gasteiger partial charge >= 0.3 is 6.09 Å². The molecule has 0 fully saturated rings. The van der Waals surface area contributed by atoms with E-state index in [0.717, 1.165) is 11.1 Å². The number of hydrogen-bond donors (Lipinski definition) is 3. The van der Waals surface area contributed by atoms with Crippen molar-refractivity contribution in [1.82, 2.24) is 4.90 Å². The Hall–Kier alpha value is -3.57. The van der Waals surface area contributed by atoms with Gasteiger partial charge in [-0.15, -0.1) is 0 Å². The molecule has 2 amide bonds. The summed E-state index contributed by atoms with van der Waals surface area (Å²) in [6.45, 7) is 5.34. The van der Waals surface area contributed by atoms with Crippen LogP contribution in [0.2, 0.25) is 0 Å². The molecule has 8 nitrogen and oxygen atoms in total. The lowest BCUT2D eigenvalue weighted by molar-refractivity contribution is -0.112. The van der Waals surface area contributed by atoms with Crippen LogP contribution in [0.3, 0.4) is 0 Å². The van der Waals surface area contributed by atoms with Crippen molar-refractivity contribution < 1.29 is 19.4 Å². The number of rotatable bonds is 5. The van der Waals surface area contributed by atoms with Gasteiger partial charge < -0.3 is 20.9 Å². The van der Waals surface area contributed by atoms with E-state index in [9.17, 15) is 20.0 Å². The van der Waals surface area contributed by atoms with Crippen molar-refractivity contribution in [3.63, 3.8) is 0 Å². The molecule has 0 aliphatic carbocycles. The molecule has 0 bridgehead atoms. The van der Waals surface area contributed by atoms with Gasteiger partial charge in [0, 0.05) is 35.7 Å². The number of ether oxygens (including phenoxy) is 1. The van der Waals surface area contributed by atoms with Crippen LogP contribution in [-0.2, 0) is 9.53 Å². The number of nitrogens with two attached hydrogens (primary N) is 1. The van der Waals surface area contributed by atoms with Gasteiger partial charge in [0.1, 0.15) is 23.0 Å². The van der Waals surface area contributed by atoms with Crippen molar-refractivity contribution in [1.29, 1.82) is 5.26 Å². The number of amides is 2. The molecule has 0 saturated heterocycles. The van der Waals surface area contributed by atoms with E-state index in [1.165, 1.54) is 0 Å². The summed E-state index contributed by atoms with van der Waals surface area (Å²) >= 11 is 0. The van der Waals surface area contributed by atoms with Crippen LogP contribution in [0.5, 0.6) is 5.75 Å². The summed E-state index contributed by atoms with van der Waals surface area (Å²) in [4.78, 5) is 26.1. The van der Waals surface area contributed by atoms with Gasteiger partial charge in [-0.2, -0.15) is 5.26 Å². The number of phenolic OH excluding ortho intramolecular Hbond substituents is 1. The molecule has 152 valence electrons. The Bertz CT molecular complexity index is 986. The molecule has 0 heterocycles. The number of anilines is 1. The van der Waals surface area contributed by atoms with E-state index in [1.807, 2.05) is 0 Å². The molecule has 0 radical (unpaired) electrons. The zero-order chi connectivity index (χ0) is 21.6. The summed E-state index contributed by atoms with van der Waals surface area (Å²) in [6, 6.07) is 11.8. The number of aromatic hydroxyl groups is 1. The number of benzene rings is 2. The van der Waals surface area contributed by atoms with Crippen molar-refractivity contribution >= 4 is 28.5 Å². The highest BCUT2D eigenvalue weighted by Gasteiger charge is 2.22. The first-order valence-electron chi connectivity index (χ1n) is 9.00. The minimum absolute atomic E-state index is 0.0775. The predicted molar refractivity (Wildman–Crippen MR) is 110 cm³/mol. The Balaban J connectivity index is 2.31. The lowest BCUT2D eigenvalue weighted by atomic mass is 10.1. The molecule has 29 heavy (non-hydrogen) atoms. The van der Waals surface area contributed by atoms with Crippen molar-refractivity contribution in [2.24, 2.45) is 5.73 Å². The maximum atomic E-state index is 12.6. The maximum absolute atomic E-state index is 12.6. The van der Waals surface area contributed by atoms with E-state index in [1.54, 1.807) is 63.2 Å². The Morgan fingerprint density at radius 2 is 1.90 bits per heavy atom. The third kappa shape index (κ3) is 5.70. The number of nitrogens with zero attached hydrogens (tertiary/aromatic N) is 2. The summed E-state index contributed by atoms with van der Waals surface area (Å²) in [7, 11) is 0. The summed E-state index contributed by atoms with van der Waals surface area (Å²) < 4.78 is 5.28. The average Bonchev–Trinajstić information content (AvgIpc) is 2.64. The molecule has 0 aliphatic heterocycles. The molecule has 0 aliphatic rings. The zero-order valence-electron chi connectivity index (χ0n) is 16.6. The van der Waals surface area contributed by atoms with Gasteiger partial charge in [0.05, 0.1) is 0 Å². The monoisotopic (exact) mass is 396 g/mol.